The maximum atomic E-state index is 11.7. The van der Waals surface area contributed by atoms with Gasteiger partial charge in [0, 0.05) is 10.7 Å². The van der Waals surface area contributed by atoms with E-state index in [9.17, 15) is 4.79 Å². The number of primary amides is 1. The third kappa shape index (κ3) is 5.08. The van der Waals surface area contributed by atoms with Crippen molar-refractivity contribution in [1.29, 1.82) is 0 Å². The zero-order valence-electron chi connectivity index (χ0n) is 14.5. The lowest BCUT2D eigenvalue weighted by Gasteiger charge is -2.13. The number of carbonyl (C=O) groups is 1. The molecule has 3 aromatic rings. The van der Waals surface area contributed by atoms with E-state index >= 15 is 0 Å². The summed E-state index contributed by atoms with van der Waals surface area (Å²) in [6, 6.07) is 17.7. The quantitative estimate of drug-likeness (QED) is 0.523. The van der Waals surface area contributed by atoms with Gasteiger partial charge < -0.3 is 10.5 Å². The predicted molar refractivity (Wildman–Crippen MR) is 110 cm³/mol. The SMILES string of the molecule is NC(=O)c1c(CCc2cc(Br)ccc2OCc2ccccc2)ccnc1Cl. The number of aromatic nitrogens is 1. The van der Waals surface area contributed by atoms with Crippen LogP contribution < -0.4 is 10.5 Å². The normalized spacial score (nSPS) is 10.6. The summed E-state index contributed by atoms with van der Waals surface area (Å²) in [6.45, 7) is 0.489. The van der Waals surface area contributed by atoms with Crippen molar-refractivity contribution >= 4 is 33.4 Å². The lowest BCUT2D eigenvalue weighted by molar-refractivity contribution is 0.0999. The molecule has 0 radical (unpaired) electrons. The summed E-state index contributed by atoms with van der Waals surface area (Å²) in [7, 11) is 0. The van der Waals surface area contributed by atoms with E-state index in [1.165, 1.54) is 0 Å². The van der Waals surface area contributed by atoms with Crippen LogP contribution in [0.1, 0.15) is 27.0 Å². The fourth-order valence-corrected chi connectivity index (χ4v) is 3.51. The Kier molecular flexibility index (Phi) is 6.48. The van der Waals surface area contributed by atoms with E-state index in [0.717, 1.165) is 26.9 Å². The average molecular weight is 446 g/mol. The summed E-state index contributed by atoms with van der Waals surface area (Å²) in [5.41, 5.74) is 8.64. The number of nitrogens with zero attached hydrogens (tertiary/aromatic N) is 1. The monoisotopic (exact) mass is 444 g/mol. The first-order chi connectivity index (χ1) is 13.0. The minimum atomic E-state index is -0.571. The van der Waals surface area contributed by atoms with Gasteiger partial charge in [0.1, 0.15) is 17.5 Å². The Bertz CT molecular complexity index is 948. The summed E-state index contributed by atoms with van der Waals surface area (Å²) in [6.07, 6.45) is 2.85. The molecule has 0 spiro atoms. The van der Waals surface area contributed by atoms with Crippen molar-refractivity contribution in [1.82, 2.24) is 4.98 Å². The first-order valence-corrected chi connectivity index (χ1v) is 9.60. The molecule has 0 unspecified atom stereocenters. The highest BCUT2D eigenvalue weighted by Gasteiger charge is 2.14. The number of nitrogens with two attached hydrogens (primary N) is 1. The third-order valence-electron chi connectivity index (χ3n) is 4.16. The maximum Gasteiger partial charge on any atom is 0.252 e. The lowest BCUT2D eigenvalue weighted by atomic mass is 10.0. The number of benzene rings is 2. The second kappa shape index (κ2) is 9.02. The van der Waals surface area contributed by atoms with Crippen molar-refractivity contribution in [2.75, 3.05) is 0 Å². The van der Waals surface area contributed by atoms with E-state index in [4.69, 9.17) is 22.1 Å². The van der Waals surface area contributed by atoms with Crippen LogP contribution in [0.4, 0.5) is 0 Å². The van der Waals surface area contributed by atoms with Crippen LogP contribution in [0.3, 0.4) is 0 Å². The number of rotatable bonds is 7. The Labute approximate surface area is 171 Å². The Morgan fingerprint density at radius 2 is 1.81 bits per heavy atom. The minimum absolute atomic E-state index is 0.134. The van der Waals surface area contributed by atoms with Crippen molar-refractivity contribution in [3.63, 3.8) is 0 Å². The maximum absolute atomic E-state index is 11.7. The van der Waals surface area contributed by atoms with Gasteiger partial charge in [-0.05, 0) is 53.8 Å². The molecular formula is C21H18BrClN2O2. The van der Waals surface area contributed by atoms with Crippen molar-refractivity contribution in [3.8, 4) is 5.75 Å². The topological polar surface area (TPSA) is 65.2 Å². The van der Waals surface area contributed by atoms with Gasteiger partial charge in [-0.3, -0.25) is 4.79 Å². The molecule has 0 aliphatic carbocycles. The third-order valence-corrected chi connectivity index (χ3v) is 4.94. The van der Waals surface area contributed by atoms with Crippen LogP contribution in [-0.2, 0) is 19.4 Å². The molecular weight excluding hydrogens is 428 g/mol. The van der Waals surface area contributed by atoms with E-state index < -0.39 is 5.91 Å². The predicted octanol–water partition coefficient (Wildman–Crippen LogP) is 4.96. The Hall–Kier alpha value is -2.37. The molecule has 0 atom stereocenters. The molecule has 2 aromatic carbocycles. The van der Waals surface area contributed by atoms with Crippen molar-refractivity contribution in [2.24, 2.45) is 5.73 Å². The highest BCUT2D eigenvalue weighted by molar-refractivity contribution is 9.10. The molecule has 0 saturated heterocycles. The van der Waals surface area contributed by atoms with Gasteiger partial charge in [-0.25, -0.2) is 4.98 Å². The standard InChI is InChI=1S/C21H18BrClN2O2/c22-17-8-9-18(27-13-14-4-2-1-3-5-14)16(12-17)7-6-15-10-11-25-20(23)19(15)21(24)26/h1-5,8-12H,6-7,13H2,(H2,24,26). The fraction of sp³-hybridized carbons (Fsp3) is 0.143. The minimum Gasteiger partial charge on any atom is -0.489 e. The van der Waals surface area contributed by atoms with Gasteiger partial charge in [0.05, 0.1) is 5.56 Å². The number of pyridine rings is 1. The molecule has 3 rings (SSSR count). The zero-order chi connectivity index (χ0) is 19.2. The van der Waals surface area contributed by atoms with Crippen molar-refractivity contribution in [3.05, 3.63) is 92.7 Å². The van der Waals surface area contributed by atoms with Crippen LogP contribution in [-0.4, -0.2) is 10.9 Å². The van der Waals surface area contributed by atoms with Gasteiger partial charge in [0.15, 0.2) is 0 Å². The second-order valence-electron chi connectivity index (χ2n) is 6.03. The number of hydrogen-bond donors (Lipinski definition) is 1. The number of carbonyl (C=O) groups excluding carboxylic acids is 1. The molecule has 1 heterocycles. The molecule has 138 valence electrons. The average Bonchev–Trinajstić information content (AvgIpc) is 2.66. The van der Waals surface area contributed by atoms with Crippen LogP contribution >= 0.6 is 27.5 Å². The van der Waals surface area contributed by atoms with E-state index in [0.29, 0.717) is 19.4 Å². The smallest absolute Gasteiger partial charge is 0.252 e. The van der Waals surface area contributed by atoms with Gasteiger partial charge in [-0.2, -0.15) is 0 Å². The van der Waals surface area contributed by atoms with E-state index in [1.807, 2.05) is 48.5 Å². The Balaban J connectivity index is 1.78. The largest absolute Gasteiger partial charge is 0.489 e. The molecule has 0 saturated carbocycles. The first-order valence-electron chi connectivity index (χ1n) is 8.43. The van der Waals surface area contributed by atoms with E-state index in [1.54, 1.807) is 12.3 Å². The van der Waals surface area contributed by atoms with Crippen LogP contribution in [0.5, 0.6) is 5.75 Å². The molecule has 27 heavy (non-hydrogen) atoms. The van der Waals surface area contributed by atoms with E-state index in [-0.39, 0.29) is 10.7 Å². The summed E-state index contributed by atoms with van der Waals surface area (Å²) >= 11 is 9.54. The molecule has 0 bridgehead atoms. The zero-order valence-corrected chi connectivity index (χ0v) is 16.8. The van der Waals surface area contributed by atoms with Crippen molar-refractivity contribution < 1.29 is 9.53 Å². The highest BCUT2D eigenvalue weighted by atomic mass is 79.9. The summed E-state index contributed by atoms with van der Waals surface area (Å²) in [4.78, 5) is 15.6. The Morgan fingerprint density at radius 1 is 1.07 bits per heavy atom. The molecule has 1 aromatic heterocycles. The molecule has 1 amide bonds. The van der Waals surface area contributed by atoms with E-state index in [2.05, 4.69) is 20.9 Å². The molecule has 0 aliphatic heterocycles. The van der Waals surface area contributed by atoms with Gasteiger partial charge >= 0.3 is 0 Å². The molecule has 0 aliphatic rings. The molecule has 2 N–H and O–H groups in total. The van der Waals surface area contributed by atoms with Gasteiger partial charge in [-0.1, -0.05) is 57.9 Å². The molecule has 0 fully saturated rings. The van der Waals surface area contributed by atoms with Gasteiger partial charge in [-0.15, -0.1) is 0 Å². The van der Waals surface area contributed by atoms with Crippen LogP contribution in [0.2, 0.25) is 5.15 Å². The summed E-state index contributed by atoms with van der Waals surface area (Å²) in [5, 5.41) is 0.134. The summed E-state index contributed by atoms with van der Waals surface area (Å²) in [5.74, 6) is 0.237. The highest BCUT2D eigenvalue weighted by Crippen LogP contribution is 2.27. The first kappa shape index (κ1) is 19.4. The number of halogens is 2. The number of aryl methyl sites for hydroxylation is 2. The van der Waals surface area contributed by atoms with Crippen LogP contribution in [0.25, 0.3) is 0 Å². The van der Waals surface area contributed by atoms with Gasteiger partial charge in [0.25, 0.3) is 5.91 Å². The summed E-state index contributed by atoms with van der Waals surface area (Å²) < 4.78 is 6.98. The molecule has 4 nitrogen and oxygen atoms in total. The van der Waals surface area contributed by atoms with Crippen LogP contribution in [0, 0.1) is 0 Å². The van der Waals surface area contributed by atoms with Gasteiger partial charge in [0.2, 0.25) is 0 Å². The number of ether oxygens (including phenoxy) is 1. The number of amides is 1. The number of hydrogen-bond acceptors (Lipinski definition) is 3. The lowest BCUT2D eigenvalue weighted by Crippen LogP contribution is -2.15. The fourth-order valence-electron chi connectivity index (χ4n) is 2.83. The second-order valence-corrected chi connectivity index (χ2v) is 7.30. The van der Waals surface area contributed by atoms with Crippen LogP contribution in [0.15, 0.2) is 65.3 Å². The van der Waals surface area contributed by atoms with Crippen molar-refractivity contribution in [2.45, 2.75) is 19.4 Å². The Morgan fingerprint density at radius 3 is 2.56 bits per heavy atom. The molecule has 6 heteroatoms.